The Morgan fingerprint density at radius 3 is 2.83 bits per heavy atom. The Balaban J connectivity index is 1.67. The summed E-state index contributed by atoms with van der Waals surface area (Å²) < 4.78 is 2.03. The van der Waals surface area contributed by atoms with Crippen molar-refractivity contribution in [3.8, 4) is 0 Å². The van der Waals surface area contributed by atoms with E-state index in [1.165, 1.54) is 12.8 Å². The summed E-state index contributed by atoms with van der Waals surface area (Å²) in [6.07, 6.45) is 6.68. The van der Waals surface area contributed by atoms with E-state index in [2.05, 4.69) is 38.3 Å². The summed E-state index contributed by atoms with van der Waals surface area (Å²) in [5, 5.41) is 14.1. The van der Waals surface area contributed by atoms with Crippen LogP contribution in [0.3, 0.4) is 0 Å². The van der Waals surface area contributed by atoms with E-state index < -0.39 is 0 Å². The Morgan fingerprint density at radius 2 is 2.21 bits per heavy atom. The van der Waals surface area contributed by atoms with Crippen molar-refractivity contribution in [3.63, 3.8) is 0 Å². The molecule has 24 heavy (non-hydrogen) atoms. The molecule has 8 nitrogen and oxygen atoms in total. The average Bonchev–Trinajstić information content (AvgIpc) is 2.93. The Bertz CT molecular complexity index is 720. The van der Waals surface area contributed by atoms with Crippen molar-refractivity contribution >= 4 is 24.6 Å². The monoisotopic (exact) mass is 326 g/mol. The molecule has 0 aromatic carbocycles. The Morgan fingerprint density at radius 1 is 1.38 bits per heavy atom. The lowest BCUT2D eigenvalue weighted by Gasteiger charge is -2.38. The lowest BCUT2D eigenvalue weighted by Crippen LogP contribution is -2.47. The van der Waals surface area contributed by atoms with Gasteiger partial charge >= 0.3 is 0 Å². The molecule has 0 bridgehead atoms. The van der Waals surface area contributed by atoms with E-state index in [1.807, 2.05) is 22.8 Å². The fourth-order valence-electron chi connectivity index (χ4n) is 2.99. The maximum Gasteiger partial charge on any atom is 0.135 e. The first kappa shape index (κ1) is 15.1. The SMILES string of the molecule is C=N/C=N\N1CC(N2CCC2)=NC(c2cnn(C3CNC3)c2)=C1C. The highest BCUT2D eigenvalue weighted by Gasteiger charge is 2.27. The minimum absolute atomic E-state index is 0.446. The maximum atomic E-state index is 4.92. The Hall–Kier alpha value is -2.48. The highest BCUT2D eigenvalue weighted by Crippen LogP contribution is 2.28. The van der Waals surface area contributed by atoms with Gasteiger partial charge in [-0.2, -0.15) is 10.2 Å². The number of amidine groups is 1. The van der Waals surface area contributed by atoms with Gasteiger partial charge in [-0.25, -0.2) is 4.99 Å². The molecule has 8 heteroatoms. The molecule has 0 amide bonds. The van der Waals surface area contributed by atoms with Gasteiger partial charge in [-0.15, -0.1) is 0 Å². The van der Waals surface area contributed by atoms with E-state index in [-0.39, 0.29) is 0 Å². The van der Waals surface area contributed by atoms with E-state index in [9.17, 15) is 0 Å². The second-order valence-electron chi connectivity index (χ2n) is 6.29. The quantitative estimate of drug-likeness (QED) is 0.655. The van der Waals surface area contributed by atoms with Gasteiger partial charge in [0.25, 0.3) is 0 Å². The number of hydrogen-bond donors (Lipinski definition) is 1. The van der Waals surface area contributed by atoms with Crippen LogP contribution in [0.2, 0.25) is 0 Å². The third-order valence-corrected chi connectivity index (χ3v) is 4.76. The highest BCUT2D eigenvalue weighted by atomic mass is 15.5. The Kier molecular flexibility index (Phi) is 3.89. The molecule has 3 aliphatic rings. The normalized spacial score (nSPS) is 21.8. The molecule has 0 unspecified atom stereocenters. The number of aromatic nitrogens is 2. The van der Waals surface area contributed by atoms with Crippen molar-refractivity contribution in [2.24, 2.45) is 15.1 Å². The van der Waals surface area contributed by atoms with Gasteiger partial charge in [0.1, 0.15) is 12.2 Å². The predicted octanol–water partition coefficient (Wildman–Crippen LogP) is 0.780. The molecule has 1 N–H and O–H groups in total. The topological polar surface area (TPSA) is 73.4 Å². The molecule has 3 aliphatic heterocycles. The van der Waals surface area contributed by atoms with E-state index in [1.54, 1.807) is 0 Å². The first-order chi connectivity index (χ1) is 11.8. The summed E-state index contributed by atoms with van der Waals surface area (Å²) in [5.41, 5.74) is 2.97. The van der Waals surface area contributed by atoms with Crippen LogP contribution in [-0.2, 0) is 0 Å². The zero-order valence-electron chi connectivity index (χ0n) is 13.9. The number of hydrazone groups is 1. The van der Waals surface area contributed by atoms with Crippen LogP contribution in [0.15, 0.2) is 33.2 Å². The molecule has 0 spiro atoms. The number of nitrogens with zero attached hydrogens (tertiary/aromatic N) is 7. The van der Waals surface area contributed by atoms with Crippen LogP contribution in [0.1, 0.15) is 24.9 Å². The van der Waals surface area contributed by atoms with Gasteiger partial charge in [0.2, 0.25) is 0 Å². The van der Waals surface area contributed by atoms with Crippen molar-refractivity contribution in [1.82, 2.24) is 25.0 Å². The standard InChI is InChI=1S/C16H22N8/c1-12-16(13-6-19-24(9-13)14-7-18-8-14)21-15(22-4-3-5-22)10-23(12)20-11-17-2/h6,9,11,14,18H,2-5,7-8,10H2,1H3/b20-11-. The Labute approximate surface area is 141 Å². The zero-order valence-corrected chi connectivity index (χ0v) is 13.9. The molecule has 0 saturated carbocycles. The van der Waals surface area contributed by atoms with E-state index in [0.29, 0.717) is 12.6 Å². The molecule has 1 aromatic heterocycles. The molecule has 0 atom stereocenters. The van der Waals surface area contributed by atoms with Gasteiger partial charge < -0.3 is 10.2 Å². The summed E-state index contributed by atoms with van der Waals surface area (Å²) >= 11 is 0. The lowest BCUT2D eigenvalue weighted by atomic mass is 10.1. The van der Waals surface area contributed by atoms with Crippen molar-refractivity contribution in [2.75, 3.05) is 32.7 Å². The van der Waals surface area contributed by atoms with Crippen LogP contribution in [0.25, 0.3) is 5.70 Å². The molecule has 126 valence electrons. The molecule has 2 saturated heterocycles. The summed E-state index contributed by atoms with van der Waals surface area (Å²) in [6, 6.07) is 0.446. The second kappa shape index (κ2) is 6.20. The molecule has 4 heterocycles. The first-order valence-corrected chi connectivity index (χ1v) is 8.30. The largest absolute Gasteiger partial charge is 0.358 e. The van der Waals surface area contributed by atoms with E-state index >= 15 is 0 Å². The van der Waals surface area contributed by atoms with Crippen molar-refractivity contribution < 1.29 is 0 Å². The molecule has 4 rings (SSSR count). The van der Waals surface area contributed by atoms with Crippen LogP contribution in [0.5, 0.6) is 0 Å². The second-order valence-corrected chi connectivity index (χ2v) is 6.29. The van der Waals surface area contributed by atoms with Gasteiger partial charge in [0, 0.05) is 37.9 Å². The highest BCUT2D eigenvalue weighted by molar-refractivity contribution is 5.92. The third kappa shape index (κ3) is 2.62. The number of hydrogen-bond acceptors (Lipinski definition) is 6. The maximum absolute atomic E-state index is 4.92. The lowest BCUT2D eigenvalue weighted by molar-refractivity contribution is 0.278. The van der Waals surface area contributed by atoms with Crippen LogP contribution >= 0.6 is 0 Å². The van der Waals surface area contributed by atoms with Crippen LogP contribution < -0.4 is 5.32 Å². The molecular weight excluding hydrogens is 304 g/mol. The van der Waals surface area contributed by atoms with E-state index in [0.717, 1.165) is 49.0 Å². The van der Waals surface area contributed by atoms with Gasteiger partial charge in [0.05, 0.1) is 30.2 Å². The number of allylic oxidation sites excluding steroid dienone is 1. The number of rotatable bonds is 4. The summed E-state index contributed by atoms with van der Waals surface area (Å²) in [7, 11) is 0. The molecule has 0 radical (unpaired) electrons. The summed E-state index contributed by atoms with van der Waals surface area (Å²) in [6.45, 7) is 10.3. The summed E-state index contributed by atoms with van der Waals surface area (Å²) in [4.78, 5) is 11.0. The molecule has 0 aliphatic carbocycles. The fraction of sp³-hybridized carbons (Fsp3) is 0.500. The number of aliphatic imine (C=N–C) groups is 2. The minimum atomic E-state index is 0.446. The predicted molar refractivity (Wildman–Crippen MR) is 95.1 cm³/mol. The van der Waals surface area contributed by atoms with Crippen molar-refractivity contribution in [3.05, 3.63) is 23.7 Å². The smallest absolute Gasteiger partial charge is 0.135 e. The van der Waals surface area contributed by atoms with Crippen molar-refractivity contribution in [2.45, 2.75) is 19.4 Å². The zero-order chi connectivity index (χ0) is 16.5. The number of nitrogens with one attached hydrogen (secondary N) is 1. The molecular formula is C16H22N8. The van der Waals surface area contributed by atoms with Gasteiger partial charge in [-0.05, 0) is 20.1 Å². The molecule has 2 fully saturated rings. The van der Waals surface area contributed by atoms with Crippen molar-refractivity contribution in [1.29, 1.82) is 0 Å². The average molecular weight is 326 g/mol. The van der Waals surface area contributed by atoms with E-state index in [4.69, 9.17) is 4.99 Å². The van der Waals surface area contributed by atoms with Gasteiger partial charge in [-0.3, -0.25) is 14.7 Å². The van der Waals surface area contributed by atoms with Crippen LogP contribution in [-0.4, -0.2) is 71.3 Å². The van der Waals surface area contributed by atoms with Gasteiger partial charge in [-0.1, -0.05) is 0 Å². The van der Waals surface area contributed by atoms with Crippen LogP contribution in [0.4, 0.5) is 0 Å². The van der Waals surface area contributed by atoms with Gasteiger partial charge in [0.15, 0.2) is 0 Å². The summed E-state index contributed by atoms with van der Waals surface area (Å²) in [5.74, 6) is 1.06. The first-order valence-electron chi connectivity index (χ1n) is 8.30. The van der Waals surface area contributed by atoms with Crippen LogP contribution in [0, 0.1) is 0 Å². The number of likely N-dealkylation sites (tertiary alicyclic amines) is 1. The molecule has 1 aromatic rings. The minimum Gasteiger partial charge on any atom is -0.358 e. The third-order valence-electron chi connectivity index (χ3n) is 4.76. The fourth-order valence-corrected chi connectivity index (χ4v) is 2.99.